The highest BCUT2D eigenvalue weighted by molar-refractivity contribution is 6.42. The van der Waals surface area contributed by atoms with Crippen LogP contribution in [0.4, 0.5) is 0 Å². The lowest BCUT2D eigenvalue weighted by atomic mass is 9.74. The first-order valence-corrected chi connectivity index (χ1v) is 6.00. The summed E-state index contributed by atoms with van der Waals surface area (Å²) in [5.74, 6) is 0. The molecule has 0 aromatic heterocycles. The molecular formula is C12H17Cl2NO. The summed E-state index contributed by atoms with van der Waals surface area (Å²) in [5, 5.41) is 10.2. The molecule has 2 atom stereocenters. The lowest BCUT2D eigenvalue weighted by Gasteiger charge is -2.34. The van der Waals surface area contributed by atoms with Gasteiger partial charge in [0.05, 0.1) is 10.0 Å². The monoisotopic (exact) mass is 261 g/mol. The maximum absolute atomic E-state index is 9.14. The summed E-state index contributed by atoms with van der Waals surface area (Å²) in [6.07, 6.45) is 0.560. The molecule has 0 aliphatic heterocycles. The van der Waals surface area contributed by atoms with Crippen LogP contribution >= 0.6 is 23.2 Å². The minimum absolute atomic E-state index is 0.0703. The third kappa shape index (κ3) is 2.51. The molecule has 0 fully saturated rings. The van der Waals surface area contributed by atoms with Crippen molar-refractivity contribution in [2.45, 2.75) is 31.7 Å². The molecule has 2 unspecified atom stereocenters. The van der Waals surface area contributed by atoms with E-state index in [1.54, 1.807) is 6.07 Å². The average Bonchev–Trinajstić information content (AvgIpc) is 2.22. The molecule has 1 rings (SSSR count). The van der Waals surface area contributed by atoms with Gasteiger partial charge >= 0.3 is 0 Å². The van der Waals surface area contributed by atoms with Crippen molar-refractivity contribution in [1.82, 2.24) is 0 Å². The molecular weight excluding hydrogens is 245 g/mol. The Morgan fingerprint density at radius 1 is 1.44 bits per heavy atom. The van der Waals surface area contributed by atoms with Gasteiger partial charge in [0.2, 0.25) is 0 Å². The fourth-order valence-electron chi connectivity index (χ4n) is 1.78. The Morgan fingerprint density at radius 2 is 2.06 bits per heavy atom. The zero-order valence-electron chi connectivity index (χ0n) is 9.50. The molecule has 0 heterocycles. The van der Waals surface area contributed by atoms with E-state index < -0.39 is 0 Å². The lowest BCUT2D eigenvalue weighted by Crippen LogP contribution is -2.42. The molecule has 3 N–H and O–H groups in total. The van der Waals surface area contributed by atoms with E-state index in [0.717, 1.165) is 5.56 Å². The highest BCUT2D eigenvalue weighted by atomic mass is 35.5. The summed E-state index contributed by atoms with van der Waals surface area (Å²) in [4.78, 5) is 0. The van der Waals surface area contributed by atoms with Crippen molar-refractivity contribution in [3.05, 3.63) is 33.8 Å². The minimum Gasteiger partial charge on any atom is -0.396 e. The third-order valence-electron chi connectivity index (χ3n) is 3.20. The quantitative estimate of drug-likeness (QED) is 0.876. The summed E-state index contributed by atoms with van der Waals surface area (Å²) < 4.78 is 0. The van der Waals surface area contributed by atoms with Gasteiger partial charge in [-0.25, -0.2) is 0 Å². The molecule has 0 amide bonds. The number of rotatable bonds is 4. The van der Waals surface area contributed by atoms with Gasteiger partial charge in [0.15, 0.2) is 0 Å². The number of hydrogen-bond acceptors (Lipinski definition) is 2. The summed E-state index contributed by atoms with van der Waals surface area (Å²) in [6, 6.07) is 5.39. The van der Waals surface area contributed by atoms with Crippen LogP contribution in [0.1, 0.15) is 25.8 Å². The maximum atomic E-state index is 9.14. The summed E-state index contributed by atoms with van der Waals surface area (Å²) in [6.45, 7) is 3.97. The van der Waals surface area contributed by atoms with Crippen molar-refractivity contribution in [3.63, 3.8) is 0 Å². The van der Waals surface area contributed by atoms with Gasteiger partial charge in [-0.3, -0.25) is 0 Å². The number of hydrogen-bond donors (Lipinski definition) is 2. The van der Waals surface area contributed by atoms with Crippen molar-refractivity contribution in [2.75, 3.05) is 6.61 Å². The number of aliphatic hydroxyl groups excluding tert-OH is 1. The van der Waals surface area contributed by atoms with Crippen molar-refractivity contribution in [1.29, 1.82) is 0 Å². The zero-order chi connectivity index (χ0) is 12.3. The van der Waals surface area contributed by atoms with Crippen LogP contribution in [0.3, 0.4) is 0 Å². The van der Waals surface area contributed by atoms with Gasteiger partial charge in [0.1, 0.15) is 0 Å². The Morgan fingerprint density at radius 3 is 2.56 bits per heavy atom. The summed E-state index contributed by atoms with van der Waals surface area (Å²) >= 11 is 12.2. The van der Waals surface area contributed by atoms with E-state index in [1.165, 1.54) is 0 Å². The van der Waals surface area contributed by atoms with Gasteiger partial charge in [-0.05, 0) is 25.0 Å². The van der Waals surface area contributed by atoms with E-state index >= 15 is 0 Å². The van der Waals surface area contributed by atoms with Crippen molar-refractivity contribution in [2.24, 2.45) is 5.73 Å². The van der Waals surface area contributed by atoms with Crippen LogP contribution in [0.5, 0.6) is 0 Å². The van der Waals surface area contributed by atoms with Crippen molar-refractivity contribution in [3.8, 4) is 0 Å². The predicted octanol–water partition coefficient (Wildman–Crippen LogP) is 2.98. The molecule has 0 bridgehead atoms. The number of halogens is 2. The molecule has 90 valence electrons. The van der Waals surface area contributed by atoms with E-state index in [0.29, 0.717) is 16.5 Å². The van der Waals surface area contributed by atoms with Crippen LogP contribution in [0.2, 0.25) is 10.0 Å². The Balaban J connectivity index is 3.26. The molecule has 0 aliphatic rings. The topological polar surface area (TPSA) is 46.2 Å². The van der Waals surface area contributed by atoms with Crippen LogP contribution < -0.4 is 5.73 Å². The van der Waals surface area contributed by atoms with Crippen LogP contribution in [0.25, 0.3) is 0 Å². The fraction of sp³-hybridized carbons (Fsp3) is 0.500. The maximum Gasteiger partial charge on any atom is 0.0630 e. The Hall–Kier alpha value is -0.280. The molecule has 0 saturated heterocycles. The molecule has 0 spiro atoms. The lowest BCUT2D eigenvalue weighted by molar-refractivity contribution is 0.229. The smallest absolute Gasteiger partial charge is 0.0630 e. The van der Waals surface area contributed by atoms with Gasteiger partial charge in [0.25, 0.3) is 0 Å². The van der Waals surface area contributed by atoms with Gasteiger partial charge in [-0.2, -0.15) is 0 Å². The molecule has 0 aliphatic carbocycles. The second-order valence-electron chi connectivity index (χ2n) is 4.28. The molecule has 2 nitrogen and oxygen atoms in total. The largest absolute Gasteiger partial charge is 0.396 e. The second-order valence-corrected chi connectivity index (χ2v) is 5.07. The van der Waals surface area contributed by atoms with E-state index in [9.17, 15) is 0 Å². The van der Waals surface area contributed by atoms with Gasteiger partial charge in [0, 0.05) is 18.1 Å². The van der Waals surface area contributed by atoms with E-state index in [2.05, 4.69) is 0 Å². The van der Waals surface area contributed by atoms with Crippen LogP contribution in [-0.2, 0) is 5.41 Å². The number of aliphatic hydroxyl groups is 1. The predicted molar refractivity (Wildman–Crippen MR) is 69.2 cm³/mol. The highest BCUT2D eigenvalue weighted by Gasteiger charge is 2.32. The van der Waals surface area contributed by atoms with Gasteiger partial charge in [-0.15, -0.1) is 0 Å². The minimum atomic E-state index is -0.364. The van der Waals surface area contributed by atoms with Gasteiger partial charge < -0.3 is 10.8 Å². The summed E-state index contributed by atoms with van der Waals surface area (Å²) in [7, 11) is 0. The van der Waals surface area contributed by atoms with Crippen LogP contribution in [0.15, 0.2) is 18.2 Å². The number of benzene rings is 1. The van der Waals surface area contributed by atoms with Crippen LogP contribution in [0, 0.1) is 0 Å². The first-order valence-electron chi connectivity index (χ1n) is 5.24. The molecule has 16 heavy (non-hydrogen) atoms. The standard InChI is InChI=1S/C12H17Cl2NO/c1-8(15)12(2,6-7-16)9-4-3-5-10(13)11(9)14/h3-5,8,16H,6-7,15H2,1-2H3. The Labute approximate surface area is 106 Å². The van der Waals surface area contributed by atoms with E-state index in [-0.39, 0.29) is 18.1 Å². The Kier molecular flexibility index (Phi) is 4.62. The molecule has 0 radical (unpaired) electrons. The molecule has 1 aromatic carbocycles. The first kappa shape index (κ1) is 13.8. The molecule has 0 saturated carbocycles. The highest BCUT2D eigenvalue weighted by Crippen LogP contribution is 2.38. The second kappa shape index (κ2) is 5.37. The summed E-state index contributed by atoms with van der Waals surface area (Å²) in [5.41, 5.74) is 6.52. The molecule has 1 aromatic rings. The van der Waals surface area contributed by atoms with Crippen LogP contribution in [-0.4, -0.2) is 17.8 Å². The fourth-order valence-corrected chi connectivity index (χ4v) is 2.30. The zero-order valence-corrected chi connectivity index (χ0v) is 11.0. The Bertz CT molecular complexity index is 368. The van der Waals surface area contributed by atoms with Gasteiger partial charge in [-0.1, -0.05) is 42.3 Å². The average molecular weight is 262 g/mol. The van der Waals surface area contributed by atoms with Crippen molar-refractivity contribution < 1.29 is 5.11 Å². The number of nitrogens with two attached hydrogens (primary N) is 1. The molecule has 4 heteroatoms. The van der Waals surface area contributed by atoms with E-state index in [4.69, 9.17) is 34.0 Å². The normalized spacial score (nSPS) is 16.9. The first-order chi connectivity index (χ1) is 7.43. The SMILES string of the molecule is CC(N)C(C)(CCO)c1cccc(Cl)c1Cl. The third-order valence-corrected chi connectivity index (χ3v) is 4.02. The van der Waals surface area contributed by atoms with Crippen molar-refractivity contribution >= 4 is 23.2 Å². The van der Waals surface area contributed by atoms with E-state index in [1.807, 2.05) is 26.0 Å².